The molecule has 1 aliphatic rings. The predicted octanol–water partition coefficient (Wildman–Crippen LogP) is -5.78. The molecule has 0 aliphatic carbocycles. The van der Waals surface area contributed by atoms with Gasteiger partial charge in [-0.15, -0.1) is 0 Å². The molecular weight excluding hydrogens is 584 g/mol. The van der Waals surface area contributed by atoms with E-state index in [1.54, 1.807) is 0 Å². The Morgan fingerprint density at radius 3 is 1.98 bits per heavy atom. The lowest BCUT2D eigenvalue weighted by Crippen LogP contribution is -2.66. The maximum Gasteiger partial charge on any atom is 0.217 e. The topological polar surface area (TPSA) is 293 Å². The first-order valence-electron chi connectivity index (χ1n) is 14.0. The number of hydrogen-bond acceptors (Lipinski definition) is 17. The van der Waals surface area contributed by atoms with Crippen LogP contribution in [-0.4, -0.2) is 178 Å². The Kier molecular flexibility index (Phi) is 19.3. The van der Waals surface area contributed by atoms with Gasteiger partial charge in [-0.25, -0.2) is 0 Å². The zero-order chi connectivity index (χ0) is 32.7. The van der Waals surface area contributed by atoms with Crippen LogP contribution < -0.4 is 11.1 Å². The number of nitrogens with one attached hydrogen (secondary N) is 1. The summed E-state index contributed by atoms with van der Waals surface area (Å²) < 4.78 is 33.5. The Hall–Kier alpha value is -1.17. The third-order valence-electron chi connectivity index (χ3n) is 6.45. The fraction of sp³-hybridized carbons (Fsp3) is 0.960. The number of nitrogens with two attached hydrogens (primary N) is 1. The standard InChI is InChI=1S/C25H50N2O16/c1-12(32)17(8-29)40-23(15(35)7-28)39-11-16(36)24(41-18(9-30)13(2)33)43-22-19(10-31)42-25(38-6-4-5-26)20(21(22)37)27-14(3)34/h12-13,15-25,28-33,35-37H,4-11,26H2,1-3H3,(H,27,34)/t12-,13-,15+,16+,17?,18?,19?,20?,21?,22?,23?,24?,25?/m1/s1. The first kappa shape index (κ1) is 39.9. The van der Waals surface area contributed by atoms with Gasteiger partial charge in [-0.2, -0.15) is 0 Å². The van der Waals surface area contributed by atoms with E-state index >= 15 is 0 Å². The molecule has 12 N–H and O–H groups in total. The van der Waals surface area contributed by atoms with E-state index in [9.17, 15) is 50.8 Å². The molecule has 18 heteroatoms. The van der Waals surface area contributed by atoms with Crippen molar-refractivity contribution < 1.29 is 79.2 Å². The molecule has 0 bridgehead atoms. The van der Waals surface area contributed by atoms with E-state index in [1.807, 2.05) is 0 Å². The number of hydrogen-bond donors (Lipinski definition) is 11. The predicted molar refractivity (Wildman–Crippen MR) is 144 cm³/mol. The van der Waals surface area contributed by atoms with Gasteiger partial charge < -0.3 is 85.4 Å². The van der Waals surface area contributed by atoms with Crippen LogP contribution in [0.5, 0.6) is 0 Å². The van der Waals surface area contributed by atoms with Crippen molar-refractivity contribution in [3.8, 4) is 0 Å². The van der Waals surface area contributed by atoms with E-state index in [-0.39, 0.29) is 6.61 Å². The van der Waals surface area contributed by atoms with Gasteiger partial charge in [0.2, 0.25) is 5.91 Å². The normalized spacial score (nSPS) is 28.3. The molecule has 256 valence electrons. The van der Waals surface area contributed by atoms with E-state index in [2.05, 4.69) is 5.32 Å². The number of rotatable bonds is 22. The first-order chi connectivity index (χ1) is 20.3. The second kappa shape index (κ2) is 20.8. The highest BCUT2D eigenvalue weighted by atomic mass is 16.7. The van der Waals surface area contributed by atoms with Crippen molar-refractivity contribution in [2.24, 2.45) is 5.73 Å². The highest BCUT2D eigenvalue weighted by molar-refractivity contribution is 5.73. The fourth-order valence-electron chi connectivity index (χ4n) is 3.98. The van der Waals surface area contributed by atoms with Gasteiger partial charge >= 0.3 is 0 Å². The third kappa shape index (κ3) is 13.0. The van der Waals surface area contributed by atoms with E-state index in [0.717, 1.165) is 0 Å². The highest BCUT2D eigenvalue weighted by Gasteiger charge is 2.48. The van der Waals surface area contributed by atoms with Crippen molar-refractivity contribution in [3.63, 3.8) is 0 Å². The van der Waals surface area contributed by atoms with Crippen molar-refractivity contribution in [1.82, 2.24) is 5.32 Å². The minimum Gasteiger partial charge on any atom is -0.394 e. The van der Waals surface area contributed by atoms with Crippen LogP contribution in [0.15, 0.2) is 0 Å². The monoisotopic (exact) mass is 634 g/mol. The van der Waals surface area contributed by atoms with Gasteiger partial charge in [0.15, 0.2) is 18.9 Å². The van der Waals surface area contributed by atoms with Crippen molar-refractivity contribution in [3.05, 3.63) is 0 Å². The number of aliphatic hydroxyl groups excluding tert-OH is 9. The molecule has 1 saturated heterocycles. The van der Waals surface area contributed by atoms with Crippen LogP contribution >= 0.6 is 0 Å². The van der Waals surface area contributed by atoms with Gasteiger partial charge in [0, 0.05) is 6.92 Å². The SMILES string of the molecule is CC(=O)NC1C(OCCCN)OC(CO)C(OC(OC(CO)[C@@H](C)O)[C@@H](O)COC(OC(CO)[C@@H](C)O)[C@@H](O)CO)C1O. The molecule has 0 spiro atoms. The number of carbonyl (C=O) groups is 1. The Labute approximate surface area is 249 Å². The summed E-state index contributed by atoms with van der Waals surface area (Å²) in [6.07, 6.45) is -17.2. The van der Waals surface area contributed by atoms with E-state index in [4.69, 9.17) is 34.2 Å². The largest absolute Gasteiger partial charge is 0.394 e. The number of aliphatic hydroxyl groups is 9. The zero-order valence-corrected chi connectivity index (χ0v) is 24.6. The summed E-state index contributed by atoms with van der Waals surface area (Å²) in [5.41, 5.74) is 5.49. The Bertz CT molecular complexity index is 752. The van der Waals surface area contributed by atoms with Crippen molar-refractivity contribution in [1.29, 1.82) is 0 Å². The summed E-state index contributed by atoms with van der Waals surface area (Å²) in [5, 5.41) is 93.1. The van der Waals surface area contributed by atoms with Crippen molar-refractivity contribution >= 4 is 5.91 Å². The average Bonchev–Trinajstić information content (AvgIpc) is 2.96. The molecule has 1 fully saturated rings. The molecule has 13 atom stereocenters. The quantitative estimate of drug-likeness (QED) is 0.0390. The van der Waals surface area contributed by atoms with Crippen LogP contribution in [0, 0.1) is 0 Å². The number of carbonyl (C=O) groups excluding carboxylic acids is 1. The lowest BCUT2D eigenvalue weighted by Gasteiger charge is -2.45. The van der Waals surface area contributed by atoms with Crippen LogP contribution in [0.25, 0.3) is 0 Å². The summed E-state index contributed by atoms with van der Waals surface area (Å²) >= 11 is 0. The second-order valence-electron chi connectivity index (χ2n) is 10.1. The average molecular weight is 635 g/mol. The molecule has 1 rings (SSSR count). The molecule has 43 heavy (non-hydrogen) atoms. The van der Waals surface area contributed by atoms with Crippen LogP contribution in [-0.2, 0) is 33.2 Å². The molecule has 0 aromatic carbocycles. The third-order valence-corrected chi connectivity index (χ3v) is 6.45. The van der Waals surface area contributed by atoms with Crippen molar-refractivity contribution in [2.75, 3.05) is 46.2 Å². The molecule has 0 aromatic heterocycles. The van der Waals surface area contributed by atoms with Crippen LogP contribution in [0.3, 0.4) is 0 Å². The summed E-state index contributed by atoms with van der Waals surface area (Å²) in [7, 11) is 0. The van der Waals surface area contributed by atoms with Gasteiger partial charge in [0.05, 0.1) is 51.8 Å². The molecular formula is C25H50N2O16. The zero-order valence-electron chi connectivity index (χ0n) is 24.6. The Balaban J connectivity index is 3.25. The summed E-state index contributed by atoms with van der Waals surface area (Å²) in [5.74, 6) is -0.552. The summed E-state index contributed by atoms with van der Waals surface area (Å²) in [4.78, 5) is 11.9. The molecule has 0 saturated carbocycles. The van der Waals surface area contributed by atoms with Crippen LogP contribution in [0.2, 0.25) is 0 Å². The maximum atomic E-state index is 11.9. The maximum absolute atomic E-state index is 11.9. The van der Waals surface area contributed by atoms with Crippen molar-refractivity contribution in [2.45, 2.75) is 107 Å². The van der Waals surface area contributed by atoms with Gasteiger partial charge in [0.1, 0.15) is 48.8 Å². The van der Waals surface area contributed by atoms with Crippen LogP contribution in [0.1, 0.15) is 27.2 Å². The molecule has 18 nitrogen and oxygen atoms in total. The Morgan fingerprint density at radius 2 is 1.51 bits per heavy atom. The number of amides is 1. The lowest BCUT2D eigenvalue weighted by atomic mass is 9.96. The van der Waals surface area contributed by atoms with E-state index < -0.39 is 119 Å². The summed E-state index contributed by atoms with van der Waals surface area (Å²) in [6.45, 7) is 0.461. The molecule has 1 aliphatic heterocycles. The van der Waals surface area contributed by atoms with E-state index in [0.29, 0.717) is 13.0 Å². The second-order valence-corrected chi connectivity index (χ2v) is 10.1. The fourth-order valence-corrected chi connectivity index (χ4v) is 3.98. The molecule has 1 heterocycles. The van der Waals surface area contributed by atoms with Gasteiger partial charge in [-0.3, -0.25) is 4.79 Å². The number of ether oxygens (including phenoxy) is 6. The van der Waals surface area contributed by atoms with Crippen LogP contribution in [0.4, 0.5) is 0 Å². The minimum atomic E-state index is -1.81. The van der Waals surface area contributed by atoms with Gasteiger partial charge in [-0.05, 0) is 26.8 Å². The highest BCUT2D eigenvalue weighted by Crippen LogP contribution is 2.27. The van der Waals surface area contributed by atoms with E-state index in [1.165, 1.54) is 20.8 Å². The Morgan fingerprint density at radius 1 is 0.930 bits per heavy atom. The molecule has 0 radical (unpaired) electrons. The summed E-state index contributed by atoms with van der Waals surface area (Å²) in [6, 6.07) is -1.21. The van der Waals surface area contributed by atoms with Gasteiger partial charge in [-0.1, -0.05) is 0 Å². The minimum absolute atomic E-state index is 0.108. The van der Waals surface area contributed by atoms with Gasteiger partial charge in [0.25, 0.3) is 0 Å². The lowest BCUT2D eigenvalue weighted by molar-refractivity contribution is -0.329. The smallest absolute Gasteiger partial charge is 0.217 e. The molecule has 9 unspecified atom stereocenters. The first-order valence-corrected chi connectivity index (χ1v) is 14.0. The molecule has 1 amide bonds. The molecule has 0 aromatic rings.